The first-order valence-electron chi connectivity index (χ1n) is 7.94. The normalized spacial score (nSPS) is 16.7. The number of Topliss-reactive ketones (excluding diaryl/α,β-unsaturated/α-hetero) is 1. The fraction of sp³-hybridized carbons (Fsp3) is 0.211. The van der Waals surface area contributed by atoms with Gasteiger partial charge in [0.05, 0.1) is 22.2 Å². The molecule has 2 aromatic carbocycles. The second-order valence-corrected chi connectivity index (χ2v) is 6.82. The molecule has 0 spiro atoms. The van der Waals surface area contributed by atoms with E-state index in [1.807, 2.05) is 0 Å². The van der Waals surface area contributed by atoms with E-state index in [2.05, 4.69) is 0 Å². The Bertz CT molecular complexity index is 897. The number of rotatable bonds is 4. The van der Waals surface area contributed by atoms with Gasteiger partial charge in [-0.2, -0.15) is 0 Å². The van der Waals surface area contributed by atoms with Gasteiger partial charge in [0.1, 0.15) is 5.75 Å². The van der Waals surface area contributed by atoms with E-state index >= 15 is 0 Å². The maximum absolute atomic E-state index is 12.5. The molecule has 1 aliphatic rings. The first kappa shape index (κ1) is 18.4. The first-order chi connectivity index (χ1) is 12.4. The molecule has 1 heterocycles. The Morgan fingerprint density at radius 1 is 1.15 bits per heavy atom. The van der Waals surface area contributed by atoms with Crippen molar-refractivity contribution in [2.75, 3.05) is 11.4 Å². The van der Waals surface area contributed by atoms with Gasteiger partial charge in [0.15, 0.2) is 5.78 Å². The van der Waals surface area contributed by atoms with Crippen molar-refractivity contribution < 1.29 is 19.1 Å². The molecule has 0 aromatic heterocycles. The average Bonchev–Trinajstić information content (AvgIpc) is 2.99. The monoisotopic (exact) mass is 391 g/mol. The highest BCUT2D eigenvalue weighted by molar-refractivity contribution is 6.35. The van der Waals surface area contributed by atoms with Crippen LogP contribution in [-0.4, -0.2) is 24.2 Å². The van der Waals surface area contributed by atoms with E-state index in [1.54, 1.807) is 42.5 Å². The number of halogens is 2. The van der Waals surface area contributed by atoms with Gasteiger partial charge in [-0.1, -0.05) is 35.3 Å². The lowest BCUT2D eigenvalue weighted by Gasteiger charge is -2.18. The summed E-state index contributed by atoms with van der Waals surface area (Å²) in [6, 6.07) is 11.3. The molecule has 5 nitrogen and oxygen atoms in total. The fourth-order valence-corrected chi connectivity index (χ4v) is 3.22. The van der Waals surface area contributed by atoms with E-state index < -0.39 is 11.9 Å². The Balaban J connectivity index is 1.78. The maximum atomic E-state index is 12.5. The molecule has 0 radical (unpaired) electrons. The Morgan fingerprint density at radius 2 is 1.88 bits per heavy atom. The number of ketones is 1. The molecule has 1 amide bonds. The molecule has 3 rings (SSSR count). The van der Waals surface area contributed by atoms with E-state index in [1.165, 1.54) is 11.8 Å². The number of hydrogen-bond donors (Lipinski definition) is 0. The molecule has 0 unspecified atom stereocenters. The molecular weight excluding hydrogens is 377 g/mol. The summed E-state index contributed by atoms with van der Waals surface area (Å²) < 4.78 is 5.38. The average molecular weight is 392 g/mol. The van der Waals surface area contributed by atoms with Crippen molar-refractivity contribution in [2.24, 2.45) is 5.92 Å². The molecule has 2 aromatic rings. The highest BCUT2D eigenvalue weighted by atomic mass is 35.5. The van der Waals surface area contributed by atoms with Crippen molar-refractivity contribution in [1.82, 2.24) is 0 Å². The number of nitrogens with zero attached hydrogens (tertiary/aromatic N) is 1. The van der Waals surface area contributed by atoms with Gasteiger partial charge in [-0.15, -0.1) is 0 Å². The Labute approximate surface area is 160 Å². The molecular formula is C19H15Cl2NO4. The standard InChI is InChI=1S/C19H15Cl2NO4/c1-11(23)14-4-2-3-5-17(14)26-19(25)12-8-18(24)22(10-12)16-9-13(20)6-7-15(16)21/h2-7,9,12H,8,10H2,1H3/t12-/m1/s1. The summed E-state index contributed by atoms with van der Waals surface area (Å²) in [4.78, 5) is 37.9. The predicted octanol–water partition coefficient (Wildman–Crippen LogP) is 4.15. The lowest BCUT2D eigenvalue weighted by atomic mass is 10.1. The van der Waals surface area contributed by atoms with Crippen LogP contribution in [0.15, 0.2) is 42.5 Å². The molecule has 1 saturated heterocycles. The summed E-state index contributed by atoms with van der Waals surface area (Å²) in [5, 5.41) is 0.817. The number of carbonyl (C=O) groups is 3. The summed E-state index contributed by atoms with van der Waals surface area (Å²) in [7, 11) is 0. The summed E-state index contributed by atoms with van der Waals surface area (Å²) in [6.45, 7) is 1.54. The highest BCUT2D eigenvalue weighted by Crippen LogP contribution is 2.34. The summed E-state index contributed by atoms with van der Waals surface area (Å²) in [6.07, 6.45) is 0.00388. The first-order valence-corrected chi connectivity index (χ1v) is 8.69. The Morgan fingerprint density at radius 3 is 2.62 bits per heavy atom. The quantitative estimate of drug-likeness (QED) is 0.446. The van der Waals surface area contributed by atoms with Crippen LogP contribution in [0.1, 0.15) is 23.7 Å². The topological polar surface area (TPSA) is 63.7 Å². The number of ether oxygens (including phenoxy) is 1. The second kappa shape index (κ2) is 7.48. The van der Waals surface area contributed by atoms with Crippen LogP contribution in [0, 0.1) is 5.92 Å². The van der Waals surface area contributed by atoms with Gasteiger partial charge in [-0.3, -0.25) is 14.4 Å². The van der Waals surface area contributed by atoms with Gasteiger partial charge in [0.25, 0.3) is 0 Å². The third-order valence-corrected chi connectivity index (χ3v) is 4.69. The molecule has 0 aliphatic carbocycles. The van der Waals surface area contributed by atoms with Gasteiger partial charge in [0.2, 0.25) is 5.91 Å². The van der Waals surface area contributed by atoms with Crippen LogP contribution in [0.3, 0.4) is 0 Å². The third-order valence-electron chi connectivity index (χ3n) is 4.13. The molecule has 0 N–H and O–H groups in total. The second-order valence-electron chi connectivity index (χ2n) is 5.97. The largest absolute Gasteiger partial charge is 0.425 e. The van der Waals surface area contributed by atoms with E-state index in [4.69, 9.17) is 27.9 Å². The molecule has 1 fully saturated rings. The minimum absolute atomic E-state index is 0.00388. The van der Waals surface area contributed by atoms with Crippen LogP contribution < -0.4 is 9.64 Å². The van der Waals surface area contributed by atoms with Crippen molar-refractivity contribution in [1.29, 1.82) is 0 Å². The number of anilines is 1. The van der Waals surface area contributed by atoms with Crippen LogP contribution in [0.2, 0.25) is 10.0 Å². The maximum Gasteiger partial charge on any atom is 0.316 e. The van der Waals surface area contributed by atoms with Gasteiger partial charge >= 0.3 is 5.97 Å². The van der Waals surface area contributed by atoms with Crippen LogP contribution in [0.4, 0.5) is 5.69 Å². The predicted molar refractivity (Wildman–Crippen MR) is 99.0 cm³/mol. The number of carbonyl (C=O) groups excluding carboxylic acids is 3. The molecule has 7 heteroatoms. The molecule has 1 aliphatic heterocycles. The van der Waals surface area contributed by atoms with Crippen LogP contribution in [-0.2, 0) is 9.59 Å². The number of para-hydroxylation sites is 1. The number of amides is 1. The van der Waals surface area contributed by atoms with Crippen LogP contribution in [0.5, 0.6) is 5.75 Å². The van der Waals surface area contributed by atoms with E-state index in [0.29, 0.717) is 21.3 Å². The van der Waals surface area contributed by atoms with Gasteiger partial charge in [0, 0.05) is 18.0 Å². The van der Waals surface area contributed by atoms with E-state index in [9.17, 15) is 14.4 Å². The highest BCUT2D eigenvalue weighted by Gasteiger charge is 2.37. The van der Waals surface area contributed by atoms with Crippen molar-refractivity contribution in [3.63, 3.8) is 0 Å². The van der Waals surface area contributed by atoms with Crippen LogP contribution >= 0.6 is 23.2 Å². The summed E-state index contributed by atoms with van der Waals surface area (Å²) >= 11 is 12.1. The third kappa shape index (κ3) is 3.74. The number of esters is 1. The minimum Gasteiger partial charge on any atom is -0.425 e. The van der Waals surface area contributed by atoms with Crippen molar-refractivity contribution in [3.8, 4) is 5.75 Å². The molecule has 0 saturated carbocycles. The van der Waals surface area contributed by atoms with Crippen molar-refractivity contribution in [2.45, 2.75) is 13.3 Å². The lowest BCUT2D eigenvalue weighted by Crippen LogP contribution is -2.27. The van der Waals surface area contributed by atoms with Crippen molar-refractivity contribution >= 4 is 46.5 Å². The Kier molecular flexibility index (Phi) is 5.30. The molecule has 26 heavy (non-hydrogen) atoms. The molecule has 0 bridgehead atoms. The zero-order valence-electron chi connectivity index (χ0n) is 13.9. The van der Waals surface area contributed by atoms with Crippen LogP contribution in [0.25, 0.3) is 0 Å². The van der Waals surface area contributed by atoms with Gasteiger partial charge < -0.3 is 9.64 Å². The van der Waals surface area contributed by atoms with E-state index in [0.717, 1.165) is 0 Å². The summed E-state index contributed by atoms with van der Waals surface area (Å²) in [5.74, 6) is -1.47. The zero-order chi connectivity index (χ0) is 18.8. The SMILES string of the molecule is CC(=O)c1ccccc1OC(=O)[C@@H]1CC(=O)N(c2cc(Cl)ccc2Cl)C1. The molecule has 134 valence electrons. The lowest BCUT2D eigenvalue weighted by molar-refractivity contribution is -0.139. The zero-order valence-corrected chi connectivity index (χ0v) is 15.4. The summed E-state index contributed by atoms with van der Waals surface area (Å²) in [5.41, 5.74) is 0.781. The number of hydrogen-bond acceptors (Lipinski definition) is 4. The van der Waals surface area contributed by atoms with Gasteiger partial charge in [-0.05, 0) is 37.3 Å². The van der Waals surface area contributed by atoms with Crippen molar-refractivity contribution in [3.05, 3.63) is 58.1 Å². The van der Waals surface area contributed by atoms with E-state index in [-0.39, 0.29) is 30.4 Å². The number of benzene rings is 2. The fourth-order valence-electron chi connectivity index (χ4n) is 2.83. The van der Waals surface area contributed by atoms with Gasteiger partial charge in [-0.25, -0.2) is 0 Å². The molecule has 1 atom stereocenters. The minimum atomic E-state index is -0.655. The smallest absolute Gasteiger partial charge is 0.316 e. The Hall–Kier alpha value is -2.37.